The van der Waals surface area contributed by atoms with Crippen molar-refractivity contribution >= 4 is 17.1 Å². The van der Waals surface area contributed by atoms with Crippen molar-refractivity contribution in [3.63, 3.8) is 0 Å². The maximum atomic E-state index is 13.9. The Morgan fingerprint density at radius 3 is 2.64 bits per heavy atom. The van der Waals surface area contributed by atoms with E-state index >= 15 is 0 Å². The molecule has 0 aliphatic heterocycles. The first-order chi connectivity index (χ1) is 10.4. The number of aromatic nitrogens is 1. The van der Waals surface area contributed by atoms with Crippen molar-refractivity contribution < 1.29 is 28.2 Å². The van der Waals surface area contributed by atoms with Crippen LogP contribution >= 0.6 is 0 Å². The quantitative estimate of drug-likeness (QED) is 0.882. The van der Waals surface area contributed by atoms with Gasteiger partial charge < -0.3 is 19.1 Å². The zero-order valence-electron chi connectivity index (χ0n) is 11.4. The molecule has 1 saturated carbocycles. The normalized spacial score (nSPS) is 14.1. The summed E-state index contributed by atoms with van der Waals surface area (Å²) in [5.74, 6) is -3.30. The smallest absolute Gasteiger partial charge is 0.491 e. The Labute approximate surface area is 122 Å². The number of fused-ring (bicyclic) bond motifs is 1. The standard InChI is InChI=1S/C14H11F2NO5/c1-21-13-10(16)8(15)4-7-11(13)17(6-2-3-6)5-9(12(7)18)22-14(19)20/h4-6H,2-3H2,1H3,(H,19,20). The number of nitrogens with zero attached hydrogens (tertiary/aromatic N) is 1. The molecule has 0 bridgehead atoms. The summed E-state index contributed by atoms with van der Waals surface area (Å²) in [6, 6.07) is 0.682. The van der Waals surface area contributed by atoms with Gasteiger partial charge in [-0.3, -0.25) is 4.79 Å². The zero-order valence-corrected chi connectivity index (χ0v) is 11.4. The molecule has 1 N–H and O–H groups in total. The molecule has 1 aliphatic carbocycles. The summed E-state index contributed by atoms with van der Waals surface area (Å²) in [5, 5.41) is 8.49. The third-order valence-corrected chi connectivity index (χ3v) is 3.47. The monoisotopic (exact) mass is 311 g/mol. The van der Waals surface area contributed by atoms with Crippen molar-refractivity contribution in [3.05, 3.63) is 34.1 Å². The summed E-state index contributed by atoms with van der Waals surface area (Å²) in [4.78, 5) is 22.9. The Morgan fingerprint density at radius 1 is 1.41 bits per heavy atom. The number of pyridine rings is 1. The highest BCUT2D eigenvalue weighted by atomic mass is 19.2. The Hall–Kier alpha value is -2.64. The highest BCUT2D eigenvalue weighted by molar-refractivity contribution is 5.87. The zero-order chi connectivity index (χ0) is 16.0. The van der Waals surface area contributed by atoms with E-state index in [0.717, 1.165) is 18.9 Å². The first-order valence-electron chi connectivity index (χ1n) is 6.45. The van der Waals surface area contributed by atoms with E-state index in [0.29, 0.717) is 0 Å². The maximum absolute atomic E-state index is 13.9. The molecule has 8 heteroatoms. The molecule has 6 nitrogen and oxygen atoms in total. The summed E-state index contributed by atoms with van der Waals surface area (Å²) in [6.07, 6.45) is 1.07. The topological polar surface area (TPSA) is 77.8 Å². The van der Waals surface area contributed by atoms with Gasteiger partial charge in [0.2, 0.25) is 11.2 Å². The van der Waals surface area contributed by atoms with Gasteiger partial charge in [0.15, 0.2) is 17.3 Å². The van der Waals surface area contributed by atoms with Crippen LogP contribution < -0.4 is 14.9 Å². The number of benzene rings is 1. The maximum Gasteiger partial charge on any atom is 0.511 e. The molecule has 0 saturated heterocycles. The Balaban J connectivity index is 2.42. The number of carbonyl (C=O) groups is 1. The van der Waals surface area contributed by atoms with Gasteiger partial charge in [-0.15, -0.1) is 0 Å². The molecule has 1 aromatic carbocycles. The van der Waals surface area contributed by atoms with Crippen molar-refractivity contribution in [2.45, 2.75) is 18.9 Å². The Morgan fingerprint density at radius 2 is 2.09 bits per heavy atom. The molecular weight excluding hydrogens is 300 g/mol. The van der Waals surface area contributed by atoms with E-state index in [1.54, 1.807) is 0 Å². The van der Waals surface area contributed by atoms with Crippen molar-refractivity contribution in [2.75, 3.05) is 7.11 Å². The second kappa shape index (κ2) is 4.97. The van der Waals surface area contributed by atoms with Gasteiger partial charge >= 0.3 is 6.16 Å². The van der Waals surface area contributed by atoms with Crippen LogP contribution in [0.1, 0.15) is 18.9 Å². The summed E-state index contributed by atoms with van der Waals surface area (Å²) in [5.41, 5.74) is -0.752. The van der Waals surface area contributed by atoms with Crippen molar-refractivity contribution in [2.24, 2.45) is 0 Å². The lowest BCUT2D eigenvalue weighted by Crippen LogP contribution is -2.17. The lowest BCUT2D eigenvalue weighted by Gasteiger charge is -2.15. The molecule has 1 aromatic heterocycles. The molecular formula is C14H11F2NO5. The first-order valence-corrected chi connectivity index (χ1v) is 6.45. The van der Waals surface area contributed by atoms with Crippen LogP contribution in [0.4, 0.5) is 13.6 Å². The number of ether oxygens (including phenoxy) is 2. The fourth-order valence-corrected chi connectivity index (χ4v) is 2.40. The lowest BCUT2D eigenvalue weighted by atomic mass is 10.1. The van der Waals surface area contributed by atoms with E-state index in [4.69, 9.17) is 9.84 Å². The van der Waals surface area contributed by atoms with Gasteiger partial charge in [-0.05, 0) is 18.9 Å². The summed E-state index contributed by atoms with van der Waals surface area (Å²) < 4.78 is 38.4. The van der Waals surface area contributed by atoms with E-state index in [1.807, 2.05) is 0 Å². The predicted octanol–water partition coefficient (Wildman–Crippen LogP) is 2.68. The highest BCUT2D eigenvalue weighted by Gasteiger charge is 2.29. The number of methoxy groups -OCH3 is 1. The van der Waals surface area contributed by atoms with Gasteiger partial charge in [0.1, 0.15) is 0 Å². The Kier molecular flexibility index (Phi) is 3.23. The molecule has 3 rings (SSSR count). The van der Waals surface area contributed by atoms with Crippen LogP contribution in [0, 0.1) is 11.6 Å². The van der Waals surface area contributed by atoms with E-state index in [9.17, 15) is 18.4 Å². The molecule has 22 heavy (non-hydrogen) atoms. The minimum Gasteiger partial charge on any atom is -0.491 e. The van der Waals surface area contributed by atoms with Gasteiger partial charge in [-0.25, -0.2) is 9.18 Å². The van der Waals surface area contributed by atoms with E-state index < -0.39 is 29.0 Å². The van der Waals surface area contributed by atoms with Crippen LogP contribution in [-0.4, -0.2) is 22.9 Å². The molecule has 0 atom stereocenters. The SMILES string of the molecule is COc1c(F)c(F)cc2c(=O)c(OC(=O)O)cn(C3CC3)c12. The Bertz CT molecular complexity index is 841. The third-order valence-electron chi connectivity index (χ3n) is 3.47. The number of carboxylic acid groups (broad SMARTS) is 1. The summed E-state index contributed by atoms with van der Waals surface area (Å²) in [7, 11) is 1.17. The number of halogens is 2. The largest absolute Gasteiger partial charge is 0.511 e. The fourth-order valence-electron chi connectivity index (χ4n) is 2.40. The van der Waals surface area contributed by atoms with Gasteiger partial charge in [0.25, 0.3) is 0 Å². The minimum absolute atomic E-state index is 0.0435. The first kappa shape index (κ1) is 14.3. The molecule has 1 heterocycles. The number of hydrogen-bond acceptors (Lipinski definition) is 4. The second-order valence-corrected chi connectivity index (χ2v) is 4.93. The van der Waals surface area contributed by atoms with E-state index in [2.05, 4.69) is 4.74 Å². The van der Waals surface area contributed by atoms with Crippen molar-refractivity contribution in [3.8, 4) is 11.5 Å². The van der Waals surface area contributed by atoms with Gasteiger partial charge in [0.05, 0.1) is 24.2 Å². The minimum atomic E-state index is -1.66. The van der Waals surface area contributed by atoms with E-state index in [1.165, 1.54) is 17.9 Å². The second-order valence-electron chi connectivity index (χ2n) is 4.93. The van der Waals surface area contributed by atoms with Crippen LogP contribution in [0.2, 0.25) is 0 Å². The van der Waals surface area contributed by atoms with Gasteiger partial charge in [0, 0.05) is 6.04 Å². The average Bonchev–Trinajstić information content (AvgIpc) is 3.28. The molecule has 1 aliphatic rings. The number of hydrogen-bond donors (Lipinski definition) is 1. The molecule has 1 fully saturated rings. The van der Waals surface area contributed by atoms with Crippen molar-refractivity contribution in [1.82, 2.24) is 4.57 Å². The molecule has 0 radical (unpaired) electrons. The molecule has 2 aromatic rings. The predicted molar refractivity (Wildman–Crippen MR) is 71.6 cm³/mol. The van der Waals surface area contributed by atoms with Gasteiger partial charge in [-0.1, -0.05) is 0 Å². The third kappa shape index (κ3) is 2.16. The molecule has 116 valence electrons. The van der Waals surface area contributed by atoms with Crippen LogP contribution in [0.5, 0.6) is 11.5 Å². The highest BCUT2D eigenvalue weighted by Crippen LogP contribution is 2.41. The fraction of sp³-hybridized carbons (Fsp3) is 0.286. The lowest BCUT2D eigenvalue weighted by molar-refractivity contribution is 0.143. The molecule has 0 unspecified atom stereocenters. The van der Waals surface area contributed by atoms with Crippen LogP contribution in [-0.2, 0) is 0 Å². The van der Waals surface area contributed by atoms with Gasteiger partial charge in [-0.2, -0.15) is 4.39 Å². The summed E-state index contributed by atoms with van der Waals surface area (Å²) in [6.45, 7) is 0. The van der Waals surface area contributed by atoms with Crippen LogP contribution in [0.15, 0.2) is 17.1 Å². The van der Waals surface area contributed by atoms with Crippen LogP contribution in [0.3, 0.4) is 0 Å². The average molecular weight is 311 g/mol. The number of rotatable bonds is 3. The van der Waals surface area contributed by atoms with Crippen molar-refractivity contribution in [1.29, 1.82) is 0 Å². The summed E-state index contributed by atoms with van der Waals surface area (Å²) >= 11 is 0. The molecule has 0 amide bonds. The molecule has 0 spiro atoms. The van der Waals surface area contributed by atoms with Crippen LogP contribution in [0.25, 0.3) is 10.9 Å². The van der Waals surface area contributed by atoms with E-state index in [-0.39, 0.29) is 22.7 Å².